The van der Waals surface area contributed by atoms with Gasteiger partial charge in [0, 0.05) is 11.3 Å². The number of carboxylic acids is 1. The molecule has 0 aromatic carbocycles. The SMILES string of the molecule is CC1=Cc2c(C(=O)O)cc(-c3ccco3)nc2CC1. The average Bonchev–Trinajstić information content (AvgIpc) is 2.91. The number of hydrogen-bond donors (Lipinski definition) is 1. The summed E-state index contributed by atoms with van der Waals surface area (Å²) in [6.45, 7) is 2.01. The largest absolute Gasteiger partial charge is 0.478 e. The van der Waals surface area contributed by atoms with Gasteiger partial charge in [0.05, 0.1) is 11.8 Å². The number of pyridine rings is 1. The van der Waals surface area contributed by atoms with Gasteiger partial charge in [-0.05, 0) is 38.0 Å². The predicted molar refractivity (Wildman–Crippen MR) is 70.9 cm³/mol. The van der Waals surface area contributed by atoms with Crippen molar-refractivity contribution in [2.45, 2.75) is 19.8 Å². The first kappa shape index (κ1) is 11.7. The van der Waals surface area contributed by atoms with E-state index in [1.165, 1.54) is 5.57 Å². The summed E-state index contributed by atoms with van der Waals surface area (Å²) >= 11 is 0. The standard InChI is InChI=1S/C15H13NO3/c1-9-4-5-12-10(7-9)11(15(17)18)8-13(16-12)14-3-2-6-19-14/h2-3,6-8H,4-5H2,1H3,(H,17,18). The highest BCUT2D eigenvalue weighted by atomic mass is 16.4. The van der Waals surface area contributed by atoms with Gasteiger partial charge in [0.25, 0.3) is 0 Å². The van der Waals surface area contributed by atoms with Gasteiger partial charge >= 0.3 is 5.97 Å². The molecular formula is C15H13NO3. The quantitative estimate of drug-likeness (QED) is 0.893. The Balaban J connectivity index is 2.22. The molecule has 19 heavy (non-hydrogen) atoms. The van der Waals surface area contributed by atoms with Crippen LogP contribution in [0.15, 0.2) is 34.5 Å². The molecule has 1 aliphatic carbocycles. The van der Waals surface area contributed by atoms with Crippen molar-refractivity contribution in [2.24, 2.45) is 0 Å². The molecule has 0 amide bonds. The number of hydrogen-bond acceptors (Lipinski definition) is 3. The van der Waals surface area contributed by atoms with Crippen LogP contribution in [0, 0.1) is 0 Å². The van der Waals surface area contributed by atoms with E-state index in [0.717, 1.165) is 24.1 Å². The molecule has 0 bridgehead atoms. The fourth-order valence-corrected chi connectivity index (χ4v) is 2.32. The summed E-state index contributed by atoms with van der Waals surface area (Å²) in [5.41, 5.74) is 3.61. The second-order valence-corrected chi connectivity index (χ2v) is 4.69. The summed E-state index contributed by atoms with van der Waals surface area (Å²) in [7, 11) is 0. The minimum Gasteiger partial charge on any atom is -0.478 e. The van der Waals surface area contributed by atoms with E-state index in [1.807, 2.05) is 13.0 Å². The molecule has 0 radical (unpaired) electrons. The van der Waals surface area contributed by atoms with E-state index in [0.29, 0.717) is 11.5 Å². The van der Waals surface area contributed by atoms with Gasteiger partial charge in [-0.2, -0.15) is 0 Å². The number of aromatic carboxylic acids is 1. The van der Waals surface area contributed by atoms with Gasteiger partial charge in [-0.1, -0.05) is 11.6 Å². The van der Waals surface area contributed by atoms with Crippen molar-refractivity contribution in [2.75, 3.05) is 0 Å². The monoisotopic (exact) mass is 255 g/mol. The third kappa shape index (κ3) is 2.05. The molecule has 2 heterocycles. The normalized spacial score (nSPS) is 13.8. The van der Waals surface area contributed by atoms with Gasteiger partial charge in [-0.15, -0.1) is 0 Å². The van der Waals surface area contributed by atoms with Crippen molar-refractivity contribution in [3.63, 3.8) is 0 Å². The zero-order chi connectivity index (χ0) is 13.4. The molecule has 2 aromatic heterocycles. The topological polar surface area (TPSA) is 63.3 Å². The second kappa shape index (κ2) is 4.39. The Bertz CT molecular complexity index is 669. The first-order valence-electron chi connectivity index (χ1n) is 6.13. The number of aromatic nitrogens is 1. The number of rotatable bonds is 2. The molecule has 0 fully saturated rings. The Morgan fingerprint density at radius 1 is 1.42 bits per heavy atom. The molecular weight excluding hydrogens is 242 g/mol. The van der Waals surface area contributed by atoms with Crippen LogP contribution in [0.5, 0.6) is 0 Å². The number of aryl methyl sites for hydroxylation is 1. The number of carbonyl (C=O) groups is 1. The van der Waals surface area contributed by atoms with Crippen LogP contribution in [-0.2, 0) is 6.42 Å². The van der Waals surface area contributed by atoms with Gasteiger partial charge in [0.15, 0.2) is 5.76 Å². The fraction of sp³-hybridized carbons (Fsp3) is 0.200. The highest BCUT2D eigenvalue weighted by molar-refractivity contribution is 5.94. The van der Waals surface area contributed by atoms with Crippen LogP contribution in [0.2, 0.25) is 0 Å². The highest BCUT2D eigenvalue weighted by Gasteiger charge is 2.20. The lowest BCUT2D eigenvalue weighted by atomic mass is 9.93. The molecule has 0 spiro atoms. The van der Waals surface area contributed by atoms with Gasteiger partial charge in [0.2, 0.25) is 0 Å². The molecule has 4 nitrogen and oxygen atoms in total. The number of fused-ring (bicyclic) bond motifs is 1. The third-order valence-electron chi connectivity index (χ3n) is 3.29. The molecule has 1 aliphatic rings. The molecule has 0 atom stereocenters. The molecule has 96 valence electrons. The molecule has 0 saturated heterocycles. The van der Waals surface area contributed by atoms with E-state index < -0.39 is 5.97 Å². The van der Waals surface area contributed by atoms with E-state index in [-0.39, 0.29) is 5.56 Å². The first-order valence-corrected chi connectivity index (χ1v) is 6.13. The van der Waals surface area contributed by atoms with E-state index in [9.17, 15) is 9.90 Å². The lowest BCUT2D eigenvalue weighted by Crippen LogP contribution is -2.09. The number of carboxylic acid groups (broad SMARTS) is 1. The summed E-state index contributed by atoms with van der Waals surface area (Å²) < 4.78 is 5.30. The summed E-state index contributed by atoms with van der Waals surface area (Å²) in [6.07, 6.45) is 5.16. The maximum atomic E-state index is 11.4. The summed E-state index contributed by atoms with van der Waals surface area (Å²) in [5, 5.41) is 9.36. The van der Waals surface area contributed by atoms with Crippen LogP contribution in [0.25, 0.3) is 17.5 Å². The summed E-state index contributed by atoms with van der Waals surface area (Å²) in [6, 6.07) is 5.13. The van der Waals surface area contributed by atoms with Gasteiger partial charge in [-0.25, -0.2) is 9.78 Å². The Morgan fingerprint density at radius 2 is 2.26 bits per heavy atom. The molecule has 4 heteroatoms. The highest BCUT2D eigenvalue weighted by Crippen LogP contribution is 2.29. The smallest absolute Gasteiger partial charge is 0.336 e. The summed E-state index contributed by atoms with van der Waals surface area (Å²) in [5.74, 6) is -0.339. The fourth-order valence-electron chi connectivity index (χ4n) is 2.32. The van der Waals surface area contributed by atoms with E-state index in [4.69, 9.17) is 4.42 Å². The lowest BCUT2D eigenvalue weighted by Gasteiger charge is -2.16. The van der Waals surface area contributed by atoms with Gasteiger partial charge in [0.1, 0.15) is 5.69 Å². The molecule has 3 rings (SSSR count). The van der Waals surface area contributed by atoms with Crippen molar-refractivity contribution in [1.29, 1.82) is 0 Å². The van der Waals surface area contributed by atoms with Crippen LogP contribution in [-0.4, -0.2) is 16.1 Å². The van der Waals surface area contributed by atoms with Crippen LogP contribution in [0.1, 0.15) is 35.0 Å². The molecule has 0 aliphatic heterocycles. The first-order chi connectivity index (χ1) is 9.15. The zero-order valence-electron chi connectivity index (χ0n) is 10.5. The van der Waals surface area contributed by atoms with Crippen LogP contribution >= 0.6 is 0 Å². The number of allylic oxidation sites excluding steroid dienone is 1. The maximum absolute atomic E-state index is 11.4. The number of furan rings is 1. The van der Waals surface area contributed by atoms with Crippen LogP contribution in [0.4, 0.5) is 0 Å². The lowest BCUT2D eigenvalue weighted by molar-refractivity contribution is 0.0696. The van der Waals surface area contributed by atoms with Crippen LogP contribution < -0.4 is 0 Å². The Kier molecular flexibility index (Phi) is 2.71. The third-order valence-corrected chi connectivity index (χ3v) is 3.29. The minimum absolute atomic E-state index is 0.287. The number of nitrogens with zero attached hydrogens (tertiary/aromatic N) is 1. The van der Waals surface area contributed by atoms with Crippen molar-refractivity contribution in [3.05, 3.63) is 46.9 Å². The molecule has 0 unspecified atom stereocenters. The van der Waals surface area contributed by atoms with E-state index >= 15 is 0 Å². The molecule has 1 N–H and O–H groups in total. The van der Waals surface area contributed by atoms with E-state index in [2.05, 4.69) is 4.98 Å². The molecule has 2 aromatic rings. The van der Waals surface area contributed by atoms with Gasteiger partial charge in [-0.3, -0.25) is 0 Å². The Hall–Kier alpha value is -2.36. The Morgan fingerprint density at radius 3 is 2.95 bits per heavy atom. The molecule has 0 saturated carbocycles. The van der Waals surface area contributed by atoms with Gasteiger partial charge < -0.3 is 9.52 Å². The average molecular weight is 255 g/mol. The van der Waals surface area contributed by atoms with Crippen LogP contribution in [0.3, 0.4) is 0 Å². The van der Waals surface area contributed by atoms with Crippen molar-refractivity contribution < 1.29 is 14.3 Å². The van der Waals surface area contributed by atoms with E-state index in [1.54, 1.807) is 24.5 Å². The Labute approximate surface area is 110 Å². The minimum atomic E-state index is -0.933. The maximum Gasteiger partial charge on any atom is 0.336 e. The van der Waals surface area contributed by atoms with Crippen molar-refractivity contribution in [1.82, 2.24) is 4.98 Å². The second-order valence-electron chi connectivity index (χ2n) is 4.69. The van der Waals surface area contributed by atoms with Crippen molar-refractivity contribution in [3.8, 4) is 11.5 Å². The zero-order valence-corrected chi connectivity index (χ0v) is 10.5. The summed E-state index contributed by atoms with van der Waals surface area (Å²) in [4.78, 5) is 15.9. The van der Waals surface area contributed by atoms with Crippen molar-refractivity contribution >= 4 is 12.0 Å². The predicted octanol–water partition coefficient (Wildman–Crippen LogP) is 3.39.